The highest BCUT2D eigenvalue weighted by Gasteiger charge is 2.47. The average Bonchev–Trinajstić information content (AvgIpc) is 3.35. The standard InChI is InChI=1S/C22H23NO6/c1-27-10-4-9-23-19(17-6-3-12-29-17)18(21(25)22(23)26)20(24)15-7-8-16-14(13-15)5-2-11-28-16/h3,6-8,12-13,19,24H,2,4-5,9-11H2,1H3/b20-18-. The van der Waals surface area contributed by atoms with E-state index < -0.39 is 17.7 Å². The summed E-state index contributed by atoms with van der Waals surface area (Å²) in [5.41, 5.74) is 1.50. The molecule has 1 fully saturated rings. The van der Waals surface area contributed by atoms with Gasteiger partial charge in [-0.15, -0.1) is 0 Å². The van der Waals surface area contributed by atoms with E-state index in [1.54, 1.807) is 31.4 Å². The first-order chi connectivity index (χ1) is 14.1. The zero-order valence-corrected chi connectivity index (χ0v) is 16.2. The van der Waals surface area contributed by atoms with Gasteiger partial charge < -0.3 is 23.9 Å². The van der Waals surface area contributed by atoms with Crippen molar-refractivity contribution in [2.45, 2.75) is 25.3 Å². The molecule has 1 unspecified atom stereocenters. The van der Waals surface area contributed by atoms with Crippen molar-refractivity contribution in [2.24, 2.45) is 0 Å². The second kappa shape index (κ2) is 8.13. The van der Waals surface area contributed by atoms with Gasteiger partial charge in [-0.2, -0.15) is 0 Å². The van der Waals surface area contributed by atoms with Crippen molar-refractivity contribution in [2.75, 3.05) is 26.9 Å². The number of carbonyl (C=O) groups excluding carboxylic acids is 2. The minimum atomic E-state index is -0.769. The summed E-state index contributed by atoms with van der Waals surface area (Å²) >= 11 is 0. The Bertz CT molecular complexity index is 946. The topological polar surface area (TPSA) is 89.2 Å². The van der Waals surface area contributed by atoms with E-state index in [2.05, 4.69) is 0 Å². The van der Waals surface area contributed by atoms with Crippen molar-refractivity contribution in [3.8, 4) is 5.75 Å². The van der Waals surface area contributed by atoms with Crippen molar-refractivity contribution >= 4 is 17.4 Å². The Morgan fingerprint density at radius 3 is 2.93 bits per heavy atom. The van der Waals surface area contributed by atoms with E-state index >= 15 is 0 Å². The molecule has 1 atom stereocenters. The van der Waals surface area contributed by atoms with Gasteiger partial charge >= 0.3 is 0 Å². The number of amides is 1. The summed E-state index contributed by atoms with van der Waals surface area (Å²) < 4.78 is 16.2. The molecule has 1 N–H and O–H groups in total. The minimum absolute atomic E-state index is 0.0408. The number of nitrogens with zero attached hydrogens (tertiary/aromatic N) is 1. The van der Waals surface area contributed by atoms with Gasteiger partial charge in [0.25, 0.3) is 11.7 Å². The molecule has 1 saturated heterocycles. The SMILES string of the molecule is COCCCN1C(=O)C(=O)/C(=C(\O)c2ccc3c(c2)CCCO3)C1c1ccco1. The number of fused-ring (bicyclic) bond motifs is 1. The third kappa shape index (κ3) is 3.53. The van der Waals surface area contributed by atoms with Crippen LogP contribution in [-0.2, 0) is 20.7 Å². The molecule has 1 aromatic heterocycles. The first-order valence-corrected chi connectivity index (χ1v) is 9.68. The highest BCUT2D eigenvalue weighted by Crippen LogP contribution is 2.40. The van der Waals surface area contributed by atoms with Gasteiger partial charge in [-0.1, -0.05) is 0 Å². The number of hydrogen-bond acceptors (Lipinski definition) is 6. The average molecular weight is 397 g/mol. The largest absolute Gasteiger partial charge is 0.507 e. The van der Waals surface area contributed by atoms with Crippen molar-refractivity contribution in [3.63, 3.8) is 0 Å². The maximum atomic E-state index is 12.9. The molecular weight excluding hydrogens is 374 g/mol. The number of carbonyl (C=O) groups is 2. The molecule has 3 heterocycles. The van der Waals surface area contributed by atoms with Gasteiger partial charge in [0.2, 0.25) is 0 Å². The summed E-state index contributed by atoms with van der Waals surface area (Å²) in [6.07, 6.45) is 3.79. The van der Waals surface area contributed by atoms with Gasteiger partial charge in [0.1, 0.15) is 23.3 Å². The van der Waals surface area contributed by atoms with Crippen LogP contribution in [0.15, 0.2) is 46.6 Å². The number of aliphatic hydroxyl groups excluding tert-OH is 1. The molecule has 1 amide bonds. The summed E-state index contributed by atoms with van der Waals surface area (Å²) in [7, 11) is 1.58. The molecule has 0 bridgehead atoms. The van der Waals surface area contributed by atoms with E-state index in [0.29, 0.717) is 37.5 Å². The third-order valence-electron chi connectivity index (χ3n) is 5.28. The van der Waals surface area contributed by atoms with Crippen LogP contribution in [0.25, 0.3) is 5.76 Å². The van der Waals surface area contributed by atoms with E-state index in [0.717, 1.165) is 24.2 Å². The van der Waals surface area contributed by atoms with E-state index in [1.807, 2.05) is 6.07 Å². The number of rotatable bonds is 6. The van der Waals surface area contributed by atoms with Crippen molar-refractivity contribution in [3.05, 3.63) is 59.1 Å². The Kier molecular flexibility index (Phi) is 5.40. The zero-order chi connectivity index (χ0) is 20.4. The molecule has 7 heteroatoms. The van der Waals surface area contributed by atoms with Gasteiger partial charge in [-0.05, 0) is 55.2 Å². The molecule has 7 nitrogen and oxygen atoms in total. The number of furan rings is 1. The number of ether oxygens (including phenoxy) is 2. The summed E-state index contributed by atoms with van der Waals surface area (Å²) in [5.74, 6) is -0.340. The summed E-state index contributed by atoms with van der Waals surface area (Å²) in [6, 6.07) is 7.95. The Labute approximate surface area is 168 Å². The van der Waals surface area contributed by atoms with Crippen molar-refractivity contribution in [1.82, 2.24) is 4.90 Å². The van der Waals surface area contributed by atoms with E-state index in [9.17, 15) is 14.7 Å². The molecule has 0 saturated carbocycles. The van der Waals surface area contributed by atoms with Crippen LogP contribution >= 0.6 is 0 Å². The lowest BCUT2D eigenvalue weighted by Gasteiger charge is -2.23. The van der Waals surface area contributed by atoms with Gasteiger partial charge in [-0.25, -0.2) is 0 Å². The maximum Gasteiger partial charge on any atom is 0.295 e. The molecule has 2 aliphatic rings. The lowest BCUT2D eigenvalue weighted by molar-refractivity contribution is -0.140. The Balaban J connectivity index is 1.77. The zero-order valence-electron chi connectivity index (χ0n) is 16.2. The molecule has 1 aromatic carbocycles. The molecule has 0 aliphatic carbocycles. The fourth-order valence-electron chi connectivity index (χ4n) is 3.90. The monoisotopic (exact) mass is 397 g/mol. The highest BCUT2D eigenvalue weighted by molar-refractivity contribution is 6.46. The number of aryl methyl sites for hydroxylation is 1. The van der Waals surface area contributed by atoms with Gasteiger partial charge in [0.05, 0.1) is 18.4 Å². The van der Waals surface area contributed by atoms with E-state index in [4.69, 9.17) is 13.9 Å². The molecule has 4 rings (SSSR count). The molecule has 2 aliphatic heterocycles. The van der Waals surface area contributed by atoms with Crippen LogP contribution in [0.4, 0.5) is 0 Å². The fraction of sp³-hybridized carbons (Fsp3) is 0.364. The number of methoxy groups -OCH3 is 1. The number of benzene rings is 1. The fourth-order valence-corrected chi connectivity index (χ4v) is 3.90. The Morgan fingerprint density at radius 1 is 1.31 bits per heavy atom. The second-order valence-corrected chi connectivity index (χ2v) is 7.13. The maximum absolute atomic E-state index is 12.9. The quantitative estimate of drug-likeness (QED) is 0.349. The molecule has 2 aromatic rings. The smallest absolute Gasteiger partial charge is 0.295 e. The number of aliphatic hydroxyl groups is 1. The van der Waals surface area contributed by atoms with Crippen LogP contribution in [-0.4, -0.2) is 48.6 Å². The van der Waals surface area contributed by atoms with Crippen LogP contribution in [0.1, 0.15) is 35.8 Å². The normalized spacial score (nSPS) is 20.6. The Morgan fingerprint density at radius 2 is 2.17 bits per heavy atom. The second-order valence-electron chi connectivity index (χ2n) is 7.13. The lowest BCUT2D eigenvalue weighted by atomic mass is 9.96. The molecule has 152 valence electrons. The lowest BCUT2D eigenvalue weighted by Crippen LogP contribution is -2.31. The van der Waals surface area contributed by atoms with E-state index in [1.165, 1.54) is 11.2 Å². The van der Waals surface area contributed by atoms with Crippen LogP contribution in [0.5, 0.6) is 5.75 Å². The number of likely N-dealkylation sites (tertiary alicyclic amines) is 1. The van der Waals surface area contributed by atoms with Crippen LogP contribution in [0.2, 0.25) is 0 Å². The minimum Gasteiger partial charge on any atom is -0.507 e. The predicted molar refractivity (Wildman–Crippen MR) is 104 cm³/mol. The highest BCUT2D eigenvalue weighted by atomic mass is 16.5. The Hall–Kier alpha value is -3.06. The van der Waals surface area contributed by atoms with Crippen molar-refractivity contribution in [1.29, 1.82) is 0 Å². The number of hydrogen-bond donors (Lipinski definition) is 1. The molecule has 29 heavy (non-hydrogen) atoms. The van der Waals surface area contributed by atoms with Crippen LogP contribution in [0, 0.1) is 0 Å². The molecule has 0 radical (unpaired) electrons. The first-order valence-electron chi connectivity index (χ1n) is 9.68. The van der Waals surface area contributed by atoms with E-state index in [-0.39, 0.29) is 11.3 Å². The molecule has 0 spiro atoms. The molecular formula is C22H23NO6. The predicted octanol–water partition coefficient (Wildman–Crippen LogP) is 3.06. The van der Waals surface area contributed by atoms with Gasteiger partial charge in [-0.3, -0.25) is 9.59 Å². The third-order valence-corrected chi connectivity index (χ3v) is 5.28. The van der Waals surface area contributed by atoms with Crippen LogP contribution < -0.4 is 4.74 Å². The number of ketones is 1. The van der Waals surface area contributed by atoms with Crippen molar-refractivity contribution < 1.29 is 28.6 Å². The van der Waals surface area contributed by atoms with Crippen LogP contribution in [0.3, 0.4) is 0 Å². The summed E-state index contributed by atoms with van der Waals surface area (Å²) in [6.45, 7) is 1.45. The van der Waals surface area contributed by atoms with Gasteiger partial charge in [0, 0.05) is 25.8 Å². The van der Waals surface area contributed by atoms with Gasteiger partial charge in [0.15, 0.2) is 0 Å². The summed E-state index contributed by atoms with van der Waals surface area (Å²) in [5, 5.41) is 11.0. The summed E-state index contributed by atoms with van der Waals surface area (Å²) in [4.78, 5) is 27.0. The number of Topliss-reactive ketones (excluding diaryl/α,β-unsaturated/α-hetero) is 1. The first kappa shape index (κ1) is 19.3.